The number of nitrogens with one attached hydrogen (secondary N) is 1. The van der Waals surface area contributed by atoms with Crippen molar-refractivity contribution in [2.75, 3.05) is 0 Å². The van der Waals surface area contributed by atoms with Gasteiger partial charge in [-0.1, -0.05) is 54.7 Å². The molecule has 1 fully saturated rings. The molecule has 6 nitrogen and oxygen atoms in total. The van der Waals surface area contributed by atoms with Crippen molar-refractivity contribution in [2.24, 2.45) is 0 Å². The molecule has 4 rings (SSSR count). The summed E-state index contributed by atoms with van der Waals surface area (Å²) in [6.45, 7) is 0.853. The fourth-order valence-corrected chi connectivity index (χ4v) is 3.37. The van der Waals surface area contributed by atoms with Gasteiger partial charge in [0, 0.05) is 12.6 Å². The van der Waals surface area contributed by atoms with Crippen LogP contribution in [0.25, 0.3) is 5.69 Å². The van der Waals surface area contributed by atoms with E-state index in [1.807, 2.05) is 48.5 Å². The quantitative estimate of drug-likeness (QED) is 0.683. The molecule has 1 aliphatic rings. The van der Waals surface area contributed by atoms with Crippen molar-refractivity contribution in [1.82, 2.24) is 25.5 Å². The number of tetrazole rings is 1. The number of hydrogen-bond donors (Lipinski definition) is 1. The number of halogens is 1. The first-order chi connectivity index (χ1) is 12.9. The maximum Gasteiger partial charge on any atom is 0.345 e. The molecular formula is C20H23ClN5O-. The average Bonchev–Trinajstić information content (AvgIpc) is 3.16. The van der Waals surface area contributed by atoms with Gasteiger partial charge in [-0.15, -0.1) is 0 Å². The molecule has 7 heteroatoms. The summed E-state index contributed by atoms with van der Waals surface area (Å²) >= 11 is 0. The number of aromatic nitrogens is 4. The summed E-state index contributed by atoms with van der Waals surface area (Å²) in [5.74, 6) is 0.736. The van der Waals surface area contributed by atoms with Crippen LogP contribution in [0.4, 0.5) is 0 Å². The van der Waals surface area contributed by atoms with Crippen LogP contribution in [0, 0.1) is 0 Å². The first kappa shape index (κ1) is 19.3. The Kier molecular flexibility index (Phi) is 6.79. The van der Waals surface area contributed by atoms with Gasteiger partial charge in [0.2, 0.25) is 0 Å². The smallest absolute Gasteiger partial charge is 0.345 e. The predicted molar refractivity (Wildman–Crippen MR) is 99.4 cm³/mol. The zero-order valence-corrected chi connectivity index (χ0v) is 15.8. The van der Waals surface area contributed by atoms with E-state index < -0.39 is 0 Å². The van der Waals surface area contributed by atoms with E-state index in [1.54, 1.807) is 4.68 Å². The largest absolute Gasteiger partial charge is 1.00 e. The van der Waals surface area contributed by atoms with Crippen molar-refractivity contribution in [3.63, 3.8) is 0 Å². The second-order valence-electron chi connectivity index (χ2n) is 6.67. The zero-order chi connectivity index (χ0) is 17.6. The molecule has 27 heavy (non-hydrogen) atoms. The Hall–Kier alpha value is -2.44. The third kappa shape index (κ3) is 5.05. The summed E-state index contributed by atoms with van der Waals surface area (Å²) in [5, 5.41) is 15.4. The lowest BCUT2D eigenvalue weighted by atomic mass is 9.95. The van der Waals surface area contributed by atoms with E-state index >= 15 is 0 Å². The standard InChI is InChI=1S/C20H23N5O.ClH/c1-3-9-17(10-4-1)21-15-16-8-7-13-19(14-16)26-20-22-23-24-25(20)18-11-5-2-6-12-18;/h2,5-8,11-14,17,21H,1,3-4,9-10,15H2;1H/p-1. The van der Waals surface area contributed by atoms with Crippen molar-refractivity contribution in [3.05, 3.63) is 60.2 Å². The molecule has 0 aliphatic heterocycles. The third-order valence-electron chi connectivity index (χ3n) is 4.75. The molecule has 1 heterocycles. The van der Waals surface area contributed by atoms with Crippen LogP contribution in [0.15, 0.2) is 54.6 Å². The van der Waals surface area contributed by atoms with Gasteiger partial charge >= 0.3 is 6.01 Å². The molecule has 0 bridgehead atoms. The Labute approximate surface area is 165 Å². The van der Waals surface area contributed by atoms with Crippen LogP contribution >= 0.6 is 0 Å². The molecule has 0 spiro atoms. The van der Waals surface area contributed by atoms with Crippen LogP contribution in [0.5, 0.6) is 11.8 Å². The SMILES string of the molecule is [Cl-].c1ccc(-n2nnnc2Oc2cccc(CNC3CCCCC3)c2)cc1. The molecule has 1 aromatic heterocycles. The molecule has 1 saturated carbocycles. The normalized spacial score (nSPS) is 14.5. The highest BCUT2D eigenvalue weighted by Crippen LogP contribution is 2.23. The van der Waals surface area contributed by atoms with E-state index in [9.17, 15) is 0 Å². The second-order valence-corrected chi connectivity index (χ2v) is 6.67. The van der Waals surface area contributed by atoms with Crippen LogP contribution in [0.2, 0.25) is 0 Å². The van der Waals surface area contributed by atoms with E-state index in [0.29, 0.717) is 12.1 Å². The number of nitrogens with zero attached hydrogens (tertiary/aromatic N) is 4. The van der Waals surface area contributed by atoms with Crippen LogP contribution in [0.3, 0.4) is 0 Å². The third-order valence-corrected chi connectivity index (χ3v) is 4.75. The molecule has 0 saturated heterocycles. The first-order valence-corrected chi connectivity index (χ1v) is 9.22. The van der Waals surface area contributed by atoms with Gasteiger partial charge < -0.3 is 22.5 Å². The molecule has 142 valence electrons. The van der Waals surface area contributed by atoms with Crippen molar-refractivity contribution < 1.29 is 17.1 Å². The van der Waals surface area contributed by atoms with Crippen molar-refractivity contribution >= 4 is 0 Å². The molecule has 2 aromatic carbocycles. The summed E-state index contributed by atoms with van der Waals surface area (Å²) in [6, 6.07) is 18.8. The lowest BCUT2D eigenvalue weighted by molar-refractivity contribution is -0.00000615. The highest BCUT2D eigenvalue weighted by molar-refractivity contribution is 5.34. The van der Waals surface area contributed by atoms with Gasteiger partial charge in [0.05, 0.1) is 5.69 Å². The predicted octanol–water partition coefficient (Wildman–Crippen LogP) is 0.881. The van der Waals surface area contributed by atoms with Gasteiger partial charge in [0.1, 0.15) is 5.75 Å². The number of benzene rings is 2. The molecule has 0 unspecified atom stereocenters. The summed E-state index contributed by atoms with van der Waals surface area (Å²) in [6.07, 6.45) is 6.60. The van der Waals surface area contributed by atoms with Gasteiger partial charge in [-0.25, -0.2) is 0 Å². The highest BCUT2D eigenvalue weighted by atomic mass is 35.5. The van der Waals surface area contributed by atoms with E-state index in [-0.39, 0.29) is 12.4 Å². The monoisotopic (exact) mass is 384 g/mol. The lowest BCUT2D eigenvalue weighted by Gasteiger charge is -2.22. The number of ether oxygens (including phenoxy) is 1. The van der Waals surface area contributed by atoms with Crippen molar-refractivity contribution in [2.45, 2.75) is 44.7 Å². The number of hydrogen-bond acceptors (Lipinski definition) is 5. The van der Waals surface area contributed by atoms with Crippen molar-refractivity contribution in [1.29, 1.82) is 0 Å². The summed E-state index contributed by atoms with van der Waals surface area (Å²) < 4.78 is 7.53. The number of rotatable bonds is 6. The van der Waals surface area contributed by atoms with Crippen LogP contribution in [-0.2, 0) is 6.54 Å². The minimum absolute atomic E-state index is 0. The van der Waals surface area contributed by atoms with E-state index in [1.165, 1.54) is 37.7 Å². The van der Waals surface area contributed by atoms with Gasteiger partial charge in [-0.3, -0.25) is 0 Å². The molecule has 1 N–H and O–H groups in total. The van der Waals surface area contributed by atoms with Crippen LogP contribution in [-0.4, -0.2) is 26.2 Å². The van der Waals surface area contributed by atoms with Gasteiger partial charge in [-0.05, 0) is 53.1 Å². The van der Waals surface area contributed by atoms with Gasteiger partial charge in [0.25, 0.3) is 0 Å². The Balaban J connectivity index is 0.00000210. The van der Waals surface area contributed by atoms with Crippen LogP contribution in [0.1, 0.15) is 37.7 Å². The first-order valence-electron chi connectivity index (χ1n) is 9.22. The zero-order valence-electron chi connectivity index (χ0n) is 15.1. The number of para-hydroxylation sites is 1. The Morgan fingerprint density at radius 3 is 2.63 bits per heavy atom. The summed E-state index contributed by atoms with van der Waals surface area (Å²) in [5.41, 5.74) is 2.06. The van der Waals surface area contributed by atoms with Gasteiger partial charge in [-0.2, -0.15) is 4.68 Å². The minimum atomic E-state index is 0. The summed E-state index contributed by atoms with van der Waals surface area (Å²) in [4.78, 5) is 0. The average molecular weight is 385 g/mol. The molecule has 0 radical (unpaired) electrons. The molecule has 0 amide bonds. The van der Waals surface area contributed by atoms with E-state index in [2.05, 4.69) is 26.9 Å². The Morgan fingerprint density at radius 1 is 1.00 bits per heavy atom. The topological polar surface area (TPSA) is 64.9 Å². The van der Waals surface area contributed by atoms with Crippen molar-refractivity contribution in [3.8, 4) is 17.4 Å². The molecule has 1 aliphatic carbocycles. The molecule has 0 atom stereocenters. The fourth-order valence-electron chi connectivity index (χ4n) is 3.37. The van der Waals surface area contributed by atoms with E-state index in [4.69, 9.17) is 4.74 Å². The summed E-state index contributed by atoms with van der Waals surface area (Å²) in [7, 11) is 0. The fraction of sp³-hybridized carbons (Fsp3) is 0.350. The van der Waals surface area contributed by atoms with Gasteiger partial charge in [0.15, 0.2) is 0 Å². The molecular weight excluding hydrogens is 362 g/mol. The highest BCUT2D eigenvalue weighted by Gasteiger charge is 2.13. The minimum Gasteiger partial charge on any atom is -1.00 e. The maximum absolute atomic E-state index is 5.94. The van der Waals surface area contributed by atoms with Crippen LogP contribution < -0.4 is 22.5 Å². The lowest BCUT2D eigenvalue weighted by Crippen LogP contribution is -3.00. The Morgan fingerprint density at radius 2 is 1.81 bits per heavy atom. The van der Waals surface area contributed by atoms with E-state index in [0.717, 1.165) is 18.0 Å². The molecule has 3 aromatic rings. The Bertz CT molecular complexity index is 833. The second kappa shape index (κ2) is 9.48. The maximum atomic E-state index is 5.94.